The van der Waals surface area contributed by atoms with Crippen molar-refractivity contribution in [3.8, 4) is 78.1 Å². The highest BCUT2D eigenvalue weighted by atomic mass is 32.2. The van der Waals surface area contributed by atoms with Gasteiger partial charge in [-0.3, -0.25) is 0 Å². The Balaban J connectivity index is 0.924. The molecule has 6 heteroatoms. The largest absolute Gasteiger partial charge is 0.456 e. The van der Waals surface area contributed by atoms with Crippen LogP contribution in [0.25, 0.3) is 144 Å². The monoisotopic (exact) mass is 1250 g/mol. The molecule has 0 spiro atoms. The van der Waals surface area contributed by atoms with Gasteiger partial charge in [-0.05, 0) is 133 Å². The molecule has 0 aliphatic carbocycles. The molecule has 20 rings (SSSR count). The van der Waals surface area contributed by atoms with Crippen molar-refractivity contribution in [3.63, 3.8) is 0 Å². The summed E-state index contributed by atoms with van der Waals surface area (Å²) in [4.78, 5) is 4.29. The lowest BCUT2D eigenvalue weighted by Crippen LogP contribution is -2.60. The summed E-state index contributed by atoms with van der Waals surface area (Å²) in [5.41, 5.74) is 23.2. The Morgan fingerprint density at radius 3 is 1.48 bits per heavy atom. The van der Waals surface area contributed by atoms with Gasteiger partial charge in [0.25, 0.3) is 0 Å². The van der Waals surface area contributed by atoms with Gasteiger partial charge in [0, 0.05) is 76.0 Å². The number of nitrogens with zero attached hydrogens (tertiary/aromatic N) is 3. The molecule has 0 fully saturated rings. The zero-order valence-corrected chi connectivity index (χ0v) is 52.3. The SMILES string of the molecule is [2H]c1c([2H])c([2H])c2c(c1[2H])c1c([2H])c([2H])c([2H])c([2H])c1n2-c1cc2c3c(c1)N(c1c(-c4ccc(-c5ccccc5)cc4)cccc1-c1ccc(-c4ccccc4)cc1)c1ccc(-c4cccc5oc6ccccc6c45)cc1B3c1ccc3c(c1S2)c1ccccc1n3-c1ccc(-c2ccccc2)cc1. The summed E-state index contributed by atoms with van der Waals surface area (Å²) in [6, 6.07) is 99.3. The predicted molar refractivity (Wildman–Crippen MR) is 405 cm³/mol. The van der Waals surface area contributed by atoms with Gasteiger partial charge in [0.2, 0.25) is 6.71 Å². The van der Waals surface area contributed by atoms with E-state index in [2.05, 4.69) is 264 Å². The third kappa shape index (κ3) is 8.45. The summed E-state index contributed by atoms with van der Waals surface area (Å²) in [5.74, 6) is 0. The fourth-order valence-electron chi connectivity index (χ4n) is 15.4. The Kier molecular flexibility index (Phi) is 10.6. The number of benzene rings is 15. The highest BCUT2D eigenvalue weighted by Crippen LogP contribution is 2.53. The molecule has 446 valence electrons. The van der Waals surface area contributed by atoms with Crippen LogP contribution in [-0.4, -0.2) is 15.8 Å². The number of hydrogen-bond acceptors (Lipinski definition) is 3. The number of hydrogen-bond donors (Lipinski definition) is 0. The Hall–Kier alpha value is -12.1. The van der Waals surface area contributed by atoms with Crippen molar-refractivity contribution in [2.24, 2.45) is 0 Å². The van der Waals surface area contributed by atoms with E-state index >= 15 is 0 Å². The van der Waals surface area contributed by atoms with Crippen LogP contribution in [-0.2, 0) is 0 Å². The van der Waals surface area contributed by atoms with Crippen LogP contribution in [0, 0.1) is 0 Å². The maximum absolute atomic E-state index is 9.90. The third-order valence-corrected chi connectivity index (χ3v) is 20.9. The molecule has 2 aliphatic heterocycles. The summed E-state index contributed by atoms with van der Waals surface area (Å²) in [5, 5.41) is 4.17. The minimum absolute atomic E-state index is 0.00671. The summed E-state index contributed by atoms with van der Waals surface area (Å²) in [6.45, 7) is -0.452. The molecule has 0 atom stereocenters. The first-order valence-corrected chi connectivity index (χ1v) is 33.2. The van der Waals surface area contributed by atoms with Crippen LogP contribution in [0.3, 0.4) is 0 Å². The van der Waals surface area contributed by atoms with Gasteiger partial charge in [-0.15, -0.1) is 0 Å². The molecule has 5 heterocycles. The van der Waals surface area contributed by atoms with Gasteiger partial charge in [-0.25, -0.2) is 0 Å². The molecule has 0 radical (unpaired) electrons. The van der Waals surface area contributed by atoms with Crippen LogP contribution in [0.5, 0.6) is 0 Å². The maximum atomic E-state index is 9.90. The number of fused-ring (bicyclic) bond motifs is 14. The Bertz CT molecular complexity index is 6480. The molecule has 2 aliphatic rings. The minimum Gasteiger partial charge on any atom is -0.456 e. The van der Waals surface area contributed by atoms with Gasteiger partial charge in [-0.1, -0.05) is 290 Å². The van der Waals surface area contributed by atoms with E-state index in [1.54, 1.807) is 16.3 Å². The van der Waals surface area contributed by atoms with E-state index in [-0.39, 0.29) is 33.9 Å². The van der Waals surface area contributed by atoms with Gasteiger partial charge < -0.3 is 18.5 Å². The lowest BCUT2D eigenvalue weighted by molar-refractivity contribution is 0.669. The second kappa shape index (κ2) is 21.8. The number of anilines is 3. The van der Waals surface area contributed by atoms with Gasteiger partial charge in [0.15, 0.2) is 0 Å². The first-order valence-electron chi connectivity index (χ1n) is 36.3. The van der Waals surface area contributed by atoms with E-state index < -0.39 is 43.0 Å². The van der Waals surface area contributed by atoms with Gasteiger partial charge >= 0.3 is 0 Å². The second-order valence-corrected chi connectivity index (χ2v) is 25.9. The molecule has 0 amide bonds. The average molecular weight is 1250 g/mol. The lowest BCUT2D eigenvalue weighted by atomic mass is 9.34. The normalized spacial score (nSPS) is 13.7. The first-order chi connectivity index (χ1) is 50.9. The predicted octanol–water partition coefficient (Wildman–Crippen LogP) is 22.5. The van der Waals surface area contributed by atoms with Crippen molar-refractivity contribution in [3.05, 3.63) is 340 Å². The van der Waals surface area contributed by atoms with Crippen LogP contribution in [0.2, 0.25) is 0 Å². The molecule has 3 aromatic heterocycles. The Morgan fingerprint density at radius 2 is 0.833 bits per heavy atom. The zero-order chi connectivity index (χ0) is 69.9. The van der Waals surface area contributed by atoms with E-state index in [1.807, 2.05) is 36.4 Å². The van der Waals surface area contributed by atoms with Gasteiger partial charge in [0.1, 0.15) is 11.2 Å². The molecule has 18 aromatic rings. The smallest absolute Gasteiger partial charge is 0.249 e. The number of para-hydroxylation sites is 5. The molecule has 0 bridgehead atoms. The first kappa shape index (κ1) is 46.9. The van der Waals surface area contributed by atoms with Crippen LogP contribution in [0.1, 0.15) is 11.0 Å². The molecule has 4 nitrogen and oxygen atoms in total. The third-order valence-electron chi connectivity index (χ3n) is 19.7. The van der Waals surface area contributed by atoms with Crippen LogP contribution in [0.4, 0.5) is 17.1 Å². The molecule has 96 heavy (non-hydrogen) atoms. The second-order valence-electron chi connectivity index (χ2n) is 24.8. The maximum Gasteiger partial charge on any atom is 0.249 e. The van der Waals surface area contributed by atoms with Crippen molar-refractivity contribution in [2.45, 2.75) is 9.79 Å². The van der Waals surface area contributed by atoms with Crippen molar-refractivity contribution >= 4 is 117 Å². The standard InChI is InChI=1S/C90H56BN3OS/c1-4-20-57(21-5-1)60-38-42-63(43-39-60)69-31-18-32-70(64-44-40-61(41-45-64)58-22-6-2-7-23-58)89(69)94-80-52-48-65(68-30-19-37-84-86(68)74-29-13-17-36-83(74)95-84)54-76(80)91-75-51-53-81-87(73-28-12-16-35-79(73)92(81)66-49-46-62(47-50-66)59-24-8-3-9-25-59)90(75)96-85-56-67(55-82(94)88(85)91)93-77-33-14-10-26-71(77)72-27-11-15-34-78(72)93/h1-56H/i10D,11D,14D,15D,26D,27D,33D,34D. The summed E-state index contributed by atoms with van der Waals surface area (Å²) >= 11 is 1.66. The summed E-state index contributed by atoms with van der Waals surface area (Å²) in [7, 11) is 0. The Labute approximate surface area is 571 Å². The van der Waals surface area contributed by atoms with E-state index in [0.717, 1.165) is 159 Å². The molecule has 0 unspecified atom stereocenters. The van der Waals surface area contributed by atoms with Crippen molar-refractivity contribution < 1.29 is 15.4 Å². The lowest BCUT2D eigenvalue weighted by Gasteiger charge is -2.42. The van der Waals surface area contributed by atoms with E-state index in [9.17, 15) is 8.22 Å². The van der Waals surface area contributed by atoms with Crippen LogP contribution in [0.15, 0.2) is 354 Å². The highest BCUT2D eigenvalue weighted by Gasteiger charge is 2.44. The van der Waals surface area contributed by atoms with Crippen molar-refractivity contribution in [1.82, 2.24) is 9.13 Å². The topological polar surface area (TPSA) is 26.2 Å². The fraction of sp³-hybridized carbons (Fsp3) is 0. The molecule has 0 saturated carbocycles. The van der Waals surface area contributed by atoms with E-state index in [0.29, 0.717) is 5.69 Å². The minimum atomic E-state index is -0.503. The molecule has 15 aromatic carbocycles. The fourth-order valence-corrected chi connectivity index (χ4v) is 16.7. The van der Waals surface area contributed by atoms with E-state index in [4.69, 9.17) is 7.16 Å². The molecular weight excluding hydrogens is 1180 g/mol. The number of rotatable bonds is 9. The molecule has 0 saturated heterocycles. The summed E-state index contributed by atoms with van der Waals surface area (Å²) in [6.07, 6.45) is 0. The average Bonchev–Trinajstić information content (AvgIpc) is 1.29. The number of furan rings is 1. The van der Waals surface area contributed by atoms with Crippen LogP contribution < -0.4 is 21.3 Å². The van der Waals surface area contributed by atoms with Crippen molar-refractivity contribution in [2.75, 3.05) is 4.90 Å². The van der Waals surface area contributed by atoms with Gasteiger partial charge in [-0.2, -0.15) is 0 Å². The van der Waals surface area contributed by atoms with E-state index in [1.165, 1.54) is 0 Å². The quantitative estimate of drug-likeness (QED) is 0.135. The summed E-state index contributed by atoms with van der Waals surface area (Å²) < 4.78 is 86.5. The number of aromatic nitrogens is 2. The van der Waals surface area contributed by atoms with Crippen molar-refractivity contribution in [1.29, 1.82) is 0 Å². The Morgan fingerprint density at radius 1 is 0.323 bits per heavy atom. The highest BCUT2D eigenvalue weighted by molar-refractivity contribution is 8.00. The molecule has 0 N–H and O–H groups in total. The van der Waals surface area contributed by atoms with Gasteiger partial charge in [0.05, 0.1) is 38.7 Å². The molecular formula is C90H56BN3OS. The van der Waals surface area contributed by atoms with Crippen LogP contribution >= 0.6 is 11.8 Å². The zero-order valence-electron chi connectivity index (χ0n) is 59.4.